The van der Waals surface area contributed by atoms with Crippen molar-refractivity contribution in [2.24, 2.45) is 5.92 Å². The second-order valence-corrected chi connectivity index (χ2v) is 8.66. The van der Waals surface area contributed by atoms with Crippen LogP contribution in [0.2, 0.25) is 0 Å². The number of hydrogen-bond donors (Lipinski definition) is 0. The van der Waals surface area contributed by atoms with Crippen molar-refractivity contribution in [3.05, 3.63) is 82.7 Å². The molecule has 0 saturated carbocycles. The Bertz CT molecular complexity index is 898. The second kappa shape index (κ2) is 9.33. The minimum Gasteiger partial charge on any atom is -0.303 e. The van der Waals surface area contributed by atoms with Gasteiger partial charge in [-0.25, -0.2) is 4.98 Å². The first-order valence-corrected chi connectivity index (χ1v) is 11.1. The number of carbonyl (C=O) groups is 1. The van der Waals surface area contributed by atoms with Crippen molar-refractivity contribution in [3.63, 3.8) is 0 Å². The highest BCUT2D eigenvalue weighted by Gasteiger charge is 2.35. The molecule has 0 N–H and O–H groups in total. The van der Waals surface area contributed by atoms with Crippen LogP contribution in [0.15, 0.2) is 72.2 Å². The number of pyridine rings is 1. The number of anilines is 1. The minimum atomic E-state index is 0.0632. The SMILES string of the molecule is CC1CN(CCc2ccccc2)CCC1N(C(=O)c1cccs1)c1ccccn1. The van der Waals surface area contributed by atoms with E-state index in [1.807, 2.05) is 40.6 Å². The summed E-state index contributed by atoms with van der Waals surface area (Å²) < 4.78 is 0. The molecule has 1 fully saturated rings. The largest absolute Gasteiger partial charge is 0.303 e. The molecule has 3 heterocycles. The van der Waals surface area contributed by atoms with E-state index in [0.29, 0.717) is 5.92 Å². The standard InChI is InChI=1S/C24H27N3OS/c1-19-18-26(15-12-20-8-3-2-4-9-20)16-13-21(19)27(23-11-5-6-14-25-23)24(28)22-10-7-17-29-22/h2-11,14,17,19,21H,12-13,15-16,18H2,1H3. The smallest absolute Gasteiger partial charge is 0.269 e. The summed E-state index contributed by atoms with van der Waals surface area (Å²) in [5.41, 5.74) is 1.38. The van der Waals surface area contributed by atoms with Crippen molar-refractivity contribution in [2.75, 3.05) is 24.5 Å². The van der Waals surface area contributed by atoms with Crippen molar-refractivity contribution >= 4 is 23.1 Å². The zero-order chi connectivity index (χ0) is 20.1. The lowest BCUT2D eigenvalue weighted by Gasteiger charge is -2.42. The summed E-state index contributed by atoms with van der Waals surface area (Å²) in [7, 11) is 0. The van der Waals surface area contributed by atoms with Crippen LogP contribution in [0.5, 0.6) is 0 Å². The van der Waals surface area contributed by atoms with Crippen LogP contribution in [-0.4, -0.2) is 41.5 Å². The van der Waals surface area contributed by atoms with Gasteiger partial charge in [0.1, 0.15) is 5.82 Å². The number of amides is 1. The van der Waals surface area contributed by atoms with Crippen molar-refractivity contribution in [1.29, 1.82) is 0 Å². The number of benzene rings is 1. The fraction of sp³-hybridized carbons (Fsp3) is 0.333. The van der Waals surface area contributed by atoms with Crippen LogP contribution in [-0.2, 0) is 6.42 Å². The quantitative estimate of drug-likeness (QED) is 0.594. The van der Waals surface area contributed by atoms with E-state index in [0.717, 1.165) is 43.2 Å². The van der Waals surface area contributed by atoms with E-state index in [2.05, 4.69) is 47.1 Å². The first-order valence-electron chi connectivity index (χ1n) is 10.3. The van der Waals surface area contributed by atoms with E-state index >= 15 is 0 Å². The molecule has 2 aromatic heterocycles. The van der Waals surface area contributed by atoms with Crippen LogP contribution in [0.1, 0.15) is 28.6 Å². The predicted octanol–water partition coefficient (Wildman–Crippen LogP) is 4.74. The van der Waals surface area contributed by atoms with Gasteiger partial charge in [0, 0.05) is 31.9 Å². The van der Waals surface area contributed by atoms with Gasteiger partial charge in [-0.2, -0.15) is 0 Å². The van der Waals surface area contributed by atoms with Crippen LogP contribution < -0.4 is 4.90 Å². The molecule has 3 aromatic rings. The van der Waals surface area contributed by atoms with Gasteiger partial charge in [0.05, 0.1) is 4.88 Å². The van der Waals surface area contributed by atoms with Crippen LogP contribution in [0.25, 0.3) is 0 Å². The van der Waals surface area contributed by atoms with E-state index in [1.165, 1.54) is 16.9 Å². The molecule has 5 heteroatoms. The molecule has 1 amide bonds. The van der Waals surface area contributed by atoms with Gasteiger partial charge in [-0.15, -0.1) is 11.3 Å². The Kier molecular flexibility index (Phi) is 6.37. The van der Waals surface area contributed by atoms with Gasteiger partial charge in [-0.1, -0.05) is 49.4 Å². The maximum atomic E-state index is 13.3. The molecule has 4 rings (SSSR count). The lowest BCUT2D eigenvalue weighted by molar-refractivity contribution is 0.0935. The molecule has 0 bridgehead atoms. The molecular formula is C24H27N3OS. The normalized spacial score (nSPS) is 19.8. The second-order valence-electron chi connectivity index (χ2n) is 7.71. The maximum Gasteiger partial charge on any atom is 0.269 e. The fourth-order valence-electron chi connectivity index (χ4n) is 4.18. The number of piperidine rings is 1. The molecule has 4 nitrogen and oxygen atoms in total. The monoisotopic (exact) mass is 405 g/mol. The van der Waals surface area contributed by atoms with Crippen LogP contribution >= 0.6 is 11.3 Å². The average Bonchev–Trinajstić information content (AvgIpc) is 3.30. The molecular weight excluding hydrogens is 378 g/mol. The molecule has 29 heavy (non-hydrogen) atoms. The Morgan fingerprint density at radius 2 is 1.97 bits per heavy atom. The molecule has 1 aliphatic rings. The van der Waals surface area contributed by atoms with Gasteiger partial charge < -0.3 is 4.90 Å². The van der Waals surface area contributed by atoms with Crippen molar-refractivity contribution in [1.82, 2.24) is 9.88 Å². The van der Waals surface area contributed by atoms with Gasteiger partial charge in [0.25, 0.3) is 5.91 Å². The molecule has 2 atom stereocenters. The average molecular weight is 406 g/mol. The summed E-state index contributed by atoms with van der Waals surface area (Å²) in [6.07, 6.45) is 3.80. The summed E-state index contributed by atoms with van der Waals surface area (Å²) in [6, 6.07) is 20.4. The Morgan fingerprint density at radius 3 is 2.66 bits per heavy atom. The van der Waals surface area contributed by atoms with E-state index in [1.54, 1.807) is 6.20 Å². The Hall–Kier alpha value is -2.50. The summed E-state index contributed by atoms with van der Waals surface area (Å²) >= 11 is 1.50. The zero-order valence-electron chi connectivity index (χ0n) is 16.8. The Morgan fingerprint density at radius 1 is 1.14 bits per heavy atom. The van der Waals surface area contributed by atoms with Crippen molar-refractivity contribution in [3.8, 4) is 0 Å². The molecule has 0 radical (unpaired) electrons. The maximum absolute atomic E-state index is 13.3. The van der Waals surface area contributed by atoms with Gasteiger partial charge in [0.15, 0.2) is 0 Å². The topological polar surface area (TPSA) is 36.4 Å². The number of thiophene rings is 1. The third kappa shape index (κ3) is 4.74. The van der Waals surface area contributed by atoms with E-state index in [9.17, 15) is 4.79 Å². The predicted molar refractivity (Wildman–Crippen MR) is 120 cm³/mol. The molecule has 1 aromatic carbocycles. The molecule has 1 aliphatic heterocycles. The summed E-state index contributed by atoms with van der Waals surface area (Å²) in [4.78, 5) is 23.1. The summed E-state index contributed by atoms with van der Waals surface area (Å²) in [5.74, 6) is 1.19. The molecule has 1 saturated heterocycles. The van der Waals surface area contributed by atoms with Crippen LogP contribution in [0.3, 0.4) is 0 Å². The number of hydrogen-bond acceptors (Lipinski definition) is 4. The van der Waals surface area contributed by atoms with Crippen molar-refractivity contribution in [2.45, 2.75) is 25.8 Å². The lowest BCUT2D eigenvalue weighted by atomic mass is 9.91. The number of likely N-dealkylation sites (tertiary alicyclic amines) is 1. The van der Waals surface area contributed by atoms with E-state index in [-0.39, 0.29) is 11.9 Å². The van der Waals surface area contributed by atoms with Gasteiger partial charge in [0.2, 0.25) is 0 Å². The number of nitrogens with zero attached hydrogens (tertiary/aromatic N) is 3. The molecule has 2 unspecified atom stereocenters. The van der Waals surface area contributed by atoms with E-state index in [4.69, 9.17) is 0 Å². The molecule has 0 spiro atoms. The highest BCUT2D eigenvalue weighted by atomic mass is 32.1. The highest BCUT2D eigenvalue weighted by molar-refractivity contribution is 7.12. The molecule has 150 valence electrons. The van der Waals surface area contributed by atoms with Crippen LogP contribution in [0, 0.1) is 5.92 Å². The van der Waals surface area contributed by atoms with Crippen LogP contribution in [0.4, 0.5) is 5.82 Å². The number of carbonyl (C=O) groups excluding carboxylic acids is 1. The van der Waals surface area contributed by atoms with Gasteiger partial charge in [-0.3, -0.25) is 9.69 Å². The fourth-order valence-corrected chi connectivity index (χ4v) is 4.84. The Labute approximate surface area is 176 Å². The van der Waals surface area contributed by atoms with Gasteiger partial charge in [-0.05, 0) is 47.9 Å². The minimum absolute atomic E-state index is 0.0632. The summed E-state index contributed by atoms with van der Waals surface area (Å²) in [5, 5.41) is 1.96. The highest BCUT2D eigenvalue weighted by Crippen LogP contribution is 2.28. The molecule has 0 aliphatic carbocycles. The third-order valence-electron chi connectivity index (χ3n) is 5.68. The first-order chi connectivity index (χ1) is 14.2. The number of rotatable bonds is 6. The first kappa shape index (κ1) is 19.8. The van der Waals surface area contributed by atoms with E-state index < -0.39 is 0 Å². The number of aromatic nitrogens is 1. The van der Waals surface area contributed by atoms with Gasteiger partial charge >= 0.3 is 0 Å². The summed E-state index contributed by atoms with van der Waals surface area (Å²) in [6.45, 7) is 5.32. The van der Waals surface area contributed by atoms with Crippen molar-refractivity contribution < 1.29 is 4.79 Å². The zero-order valence-corrected chi connectivity index (χ0v) is 17.6. The lowest BCUT2D eigenvalue weighted by Crippen LogP contribution is -2.52. The third-order valence-corrected chi connectivity index (χ3v) is 6.54. The Balaban J connectivity index is 1.47.